The number of hydrogen-bond donors (Lipinski definition) is 1. The molecule has 1 aromatic carbocycles. The molecule has 0 atom stereocenters. The number of aromatic nitrogens is 1. The van der Waals surface area contributed by atoms with Crippen LogP contribution >= 0.6 is 15.9 Å². The van der Waals surface area contributed by atoms with Crippen LogP contribution < -0.4 is 9.47 Å². The first-order valence-electron chi connectivity index (χ1n) is 7.33. The van der Waals surface area contributed by atoms with Crippen molar-refractivity contribution in [3.05, 3.63) is 28.4 Å². The molecule has 0 aliphatic heterocycles. The van der Waals surface area contributed by atoms with Crippen LogP contribution in [0.4, 0.5) is 0 Å². The monoisotopic (exact) mass is 381 g/mol. The number of rotatable bonds is 5. The zero-order valence-corrected chi connectivity index (χ0v) is 14.1. The summed E-state index contributed by atoms with van der Waals surface area (Å²) >= 11 is 3.50. The van der Waals surface area contributed by atoms with Crippen LogP contribution in [0.1, 0.15) is 36.2 Å². The third kappa shape index (κ3) is 3.34. The largest absolute Gasteiger partial charge is 0.493 e. The van der Waals surface area contributed by atoms with Crippen LogP contribution in [0.15, 0.2) is 27.2 Å². The van der Waals surface area contributed by atoms with Crippen molar-refractivity contribution in [2.24, 2.45) is 0 Å². The van der Waals surface area contributed by atoms with Gasteiger partial charge in [-0.2, -0.15) is 0 Å². The molecule has 0 radical (unpaired) electrons. The van der Waals surface area contributed by atoms with Gasteiger partial charge in [-0.3, -0.25) is 0 Å². The molecule has 23 heavy (non-hydrogen) atoms. The minimum Gasteiger partial charge on any atom is -0.493 e. The fourth-order valence-electron chi connectivity index (χ4n) is 2.66. The molecule has 1 N–H and O–H groups in total. The van der Waals surface area contributed by atoms with Crippen molar-refractivity contribution >= 4 is 21.9 Å². The zero-order chi connectivity index (χ0) is 16.4. The molecular formula is C16H16BrNO5. The number of carboxylic acids is 1. The quantitative estimate of drug-likeness (QED) is 0.837. The number of halogens is 1. The van der Waals surface area contributed by atoms with Crippen molar-refractivity contribution in [2.45, 2.75) is 31.8 Å². The average Bonchev–Trinajstić information content (AvgIpc) is 3.20. The molecule has 6 nitrogen and oxygen atoms in total. The van der Waals surface area contributed by atoms with Gasteiger partial charge in [-0.15, -0.1) is 0 Å². The van der Waals surface area contributed by atoms with Gasteiger partial charge >= 0.3 is 5.97 Å². The van der Waals surface area contributed by atoms with Gasteiger partial charge in [0.25, 0.3) is 0 Å². The summed E-state index contributed by atoms with van der Waals surface area (Å²) in [5.41, 5.74) is 0.522. The SMILES string of the molecule is COc1cc(-c2cc(C(=O)O)no2)cc(Br)c1OC1CCCC1. The zero-order valence-electron chi connectivity index (χ0n) is 12.5. The van der Waals surface area contributed by atoms with Gasteiger partial charge in [-0.05, 0) is 53.7 Å². The smallest absolute Gasteiger partial charge is 0.358 e. The lowest BCUT2D eigenvalue weighted by Gasteiger charge is -2.18. The molecule has 122 valence electrons. The van der Waals surface area contributed by atoms with E-state index in [0.29, 0.717) is 22.8 Å². The number of ether oxygens (including phenoxy) is 2. The highest BCUT2D eigenvalue weighted by molar-refractivity contribution is 9.10. The highest BCUT2D eigenvalue weighted by Gasteiger charge is 2.22. The van der Waals surface area contributed by atoms with E-state index < -0.39 is 5.97 Å². The summed E-state index contributed by atoms with van der Waals surface area (Å²) in [4.78, 5) is 10.9. The molecule has 1 aliphatic rings. The van der Waals surface area contributed by atoms with Crippen LogP contribution in [0.25, 0.3) is 11.3 Å². The summed E-state index contributed by atoms with van der Waals surface area (Å²) in [6.45, 7) is 0. The lowest BCUT2D eigenvalue weighted by Crippen LogP contribution is -2.12. The van der Waals surface area contributed by atoms with E-state index in [1.165, 1.54) is 18.9 Å². The number of methoxy groups -OCH3 is 1. The molecule has 1 fully saturated rings. The number of nitrogens with zero attached hydrogens (tertiary/aromatic N) is 1. The second kappa shape index (κ2) is 6.62. The first-order chi connectivity index (χ1) is 11.1. The van der Waals surface area contributed by atoms with E-state index in [1.807, 2.05) is 0 Å². The minimum absolute atomic E-state index is 0.138. The van der Waals surface area contributed by atoms with E-state index in [4.69, 9.17) is 19.1 Å². The van der Waals surface area contributed by atoms with Gasteiger partial charge in [-0.25, -0.2) is 4.79 Å². The predicted molar refractivity (Wildman–Crippen MR) is 86.0 cm³/mol. The van der Waals surface area contributed by atoms with Gasteiger partial charge in [0.05, 0.1) is 17.7 Å². The van der Waals surface area contributed by atoms with E-state index >= 15 is 0 Å². The van der Waals surface area contributed by atoms with Crippen LogP contribution in [-0.2, 0) is 0 Å². The fourth-order valence-corrected chi connectivity index (χ4v) is 3.20. The van der Waals surface area contributed by atoms with E-state index in [1.54, 1.807) is 19.2 Å². The average molecular weight is 382 g/mol. The molecular weight excluding hydrogens is 366 g/mol. The van der Waals surface area contributed by atoms with Crippen LogP contribution in [0.2, 0.25) is 0 Å². The molecule has 7 heteroatoms. The minimum atomic E-state index is -1.13. The lowest BCUT2D eigenvalue weighted by molar-refractivity contribution is 0.0686. The standard InChI is InChI=1S/C16H16BrNO5/c1-21-14-7-9(13-8-12(16(19)20)18-23-13)6-11(17)15(14)22-10-4-2-3-5-10/h6-8,10H,2-5H2,1H3,(H,19,20). The Morgan fingerprint density at radius 2 is 2.09 bits per heavy atom. The molecule has 3 rings (SSSR count). The first-order valence-corrected chi connectivity index (χ1v) is 8.12. The fraction of sp³-hybridized carbons (Fsp3) is 0.375. The third-order valence-corrected chi connectivity index (χ3v) is 4.42. The highest BCUT2D eigenvalue weighted by atomic mass is 79.9. The number of benzene rings is 1. The van der Waals surface area contributed by atoms with Crippen molar-refractivity contribution < 1.29 is 23.9 Å². The van der Waals surface area contributed by atoms with Crippen molar-refractivity contribution in [3.63, 3.8) is 0 Å². The molecule has 1 heterocycles. The Labute approximate surface area is 141 Å². The summed E-state index contributed by atoms with van der Waals surface area (Å²) in [5, 5.41) is 12.4. The van der Waals surface area contributed by atoms with E-state index in [0.717, 1.165) is 17.3 Å². The number of carboxylic acid groups (broad SMARTS) is 1. The Morgan fingerprint density at radius 1 is 1.35 bits per heavy atom. The van der Waals surface area contributed by atoms with Crippen molar-refractivity contribution in [1.82, 2.24) is 5.16 Å². The molecule has 2 aromatic rings. The molecule has 1 aliphatic carbocycles. The maximum atomic E-state index is 10.9. The van der Waals surface area contributed by atoms with Gasteiger partial charge in [0.2, 0.25) is 0 Å². The van der Waals surface area contributed by atoms with Gasteiger partial charge < -0.3 is 19.1 Å². The van der Waals surface area contributed by atoms with Gasteiger partial charge in [0, 0.05) is 11.6 Å². The van der Waals surface area contributed by atoms with Crippen LogP contribution in [0.3, 0.4) is 0 Å². The first kappa shape index (κ1) is 15.9. The maximum absolute atomic E-state index is 10.9. The second-order valence-corrected chi connectivity index (χ2v) is 6.25. The highest BCUT2D eigenvalue weighted by Crippen LogP contribution is 2.41. The summed E-state index contributed by atoms with van der Waals surface area (Å²) in [6, 6.07) is 4.93. The Kier molecular flexibility index (Phi) is 4.56. The van der Waals surface area contributed by atoms with E-state index in [-0.39, 0.29) is 11.8 Å². The number of hydrogen-bond acceptors (Lipinski definition) is 5. The van der Waals surface area contributed by atoms with Gasteiger partial charge in [-0.1, -0.05) is 5.16 Å². The van der Waals surface area contributed by atoms with Crippen LogP contribution in [0, 0.1) is 0 Å². The molecule has 1 saturated carbocycles. The number of aromatic carboxylic acids is 1. The Balaban J connectivity index is 1.93. The Hall–Kier alpha value is -2.02. The van der Waals surface area contributed by atoms with Gasteiger partial charge in [0.15, 0.2) is 23.0 Å². The predicted octanol–water partition coefficient (Wildman–Crippen LogP) is 4.13. The van der Waals surface area contributed by atoms with Crippen molar-refractivity contribution in [2.75, 3.05) is 7.11 Å². The van der Waals surface area contributed by atoms with E-state index in [2.05, 4.69) is 21.1 Å². The normalized spacial score (nSPS) is 14.9. The molecule has 0 amide bonds. The third-order valence-electron chi connectivity index (χ3n) is 3.83. The van der Waals surface area contributed by atoms with E-state index in [9.17, 15) is 4.79 Å². The topological polar surface area (TPSA) is 81.8 Å². The van der Waals surface area contributed by atoms with Crippen molar-refractivity contribution in [3.8, 4) is 22.8 Å². The molecule has 0 bridgehead atoms. The summed E-state index contributed by atoms with van der Waals surface area (Å²) in [6.07, 6.45) is 4.65. The van der Waals surface area contributed by atoms with Crippen LogP contribution in [0.5, 0.6) is 11.5 Å². The maximum Gasteiger partial charge on any atom is 0.358 e. The Bertz CT molecular complexity index is 721. The molecule has 1 aromatic heterocycles. The Morgan fingerprint density at radius 3 is 2.70 bits per heavy atom. The summed E-state index contributed by atoms with van der Waals surface area (Å²) < 4.78 is 17.3. The summed E-state index contributed by atoms with van der Waals surface area (Å²) in [5.74, 6) is 0.441. The van der Waals surface area contributed by atoms with Crippen molar-refractivity contribution in [1.29, 1.82) is 0 Å². The second-order valence-electron chi connectivity index (χ2n) is 5.40. The molecule has 0 saturated heterocycles. The molecule has 0 spiro atoms. The summed E-state index contributed by atoms with van der Waals surface area (Å²) in [7, 11) is 1.57. The molecule has 0 unspecified atom stereocenters. The van der Waals surface area contributed by atoms with Crippen LogP contribution in [-0.4, -0.2) is 29.4 Å². The van der Waals surface area contributed by atoms with Gasteiger partial charge in [0.1, 0.15) is 0 Å². The lowest BCUT2D eigenvalue weighted by atomic mass is 10.1. The number of carbonyl (C=O) groups is 1.